The van der Waals surface area contributed by atoms with Gasteiger partial charge in [0.15, 0.2) is 46.5 Å². The molecule has 0 amide bonds. The van der Waals surface area contributed by atoms with Crippen molar-refractivity contribution in [3.63, 3.8) is 0 Å². The second-order valence-corrected chi connectivity index (χ2v) is 7.34. The first-order chi connectivity index (χ1) is 17.7. The van der Waals surface area contributed by atoms with E-state index >= 15 is 0 Å². The Bertz CT molecular complexity index is 1430. The van der Waals surface area contributed by atoms with Gasteiger partial charge in [0.2, 0.25) is 11.6 Å². The van der Waals surface area contributed by atoms with Crippen LogP contribution in [0.25, 0.3) is 11.1 Å². The molecule has 0 saturated heterocycles. The number of halogens is 16. The zero-order chi connectivity index (χ0) is 30.2. The number of nitriles is 2. The maximum atomic E-state index is 14.8. The summed E-state index contributed by atoms with van der Waals surface area (Å²) in [6.07, 6.45) is 0. The number of allylic oxidation sites excluding steroid dienone is 4. The molecule has 0 aromatic heterocycles. The Hall–Kier alpha value is -4.22. The molecule has 0 unspecified atom stereocenters. The van der Waals surface area contributed by atoms with Gasteiger partial charge < -0.3 is 0 Å². The molecule has 39 heavy (non-hydrogen) atoms. The zero-order valence-electron chi connectivity index (χ0n) is 17.4. The number of nitrogens with zero attached hydrogens (tertiary/aromatic N) is 2. The fourth-order valence-electron chi connectivity index (χ4n) is 3.51. The molecule has 0 atom stereocenters. The van der Waals surface area contributed by atoms with Gasteiger partial charge in [-0.3, -0.25) is 0 Å². The molecule has 2 nitrogen and oxygen atoms in total. The number of rotatable bonds is 2. The normalized spacial score (nSPS) is 19.9. The SMILES string of the molecule is N#CC(=C1C(=C(C#N)c2c(F)c(F)c(F)c(F)c2F)C(F)(F)C(F)(F)C1(F)F)c1c(F)c(F)c(F)c(F)c1F. The molecule has 0 N–H and O–H groups in total. The van der Waals surface area contributed by atoms with Gasteiger partial charge >= 0.3 is 17.8 Å². The molecule has 3 rings (SSSR count). The lowest BCUT2D eigenvalue weighted by atomic mass is 9.89. The van der Waals surface area contributed by atoms with Gasteiger partial charge in [-0.05, 0) is 0 Å². The van der Waals surface area contributed by atoms with Gasteiger partial charge in [-0.15, -0.1) is 0 Å². The van der Waals surface area contributed by atoms with Crippen LogP contribution in [0.4, 0.5) is 70.2 Å². The Labute approximate surface area is 203 Å². The highest BCUT2D eigenvalue weighted by molar-refractivity contribution is 5.93. The monoisotopic (exact) mass is 584 g/mol. The average molecular weight is 584 g/mol. The van der Waals surface area contributed by atoms with Crippen LogP contribution in [-0.4, -0.2) is 17.8 Å². The van der Waals surface area contributed by atoms with Crippen LogP contribution in [0.2, 0.25) is 0 Å². The average Bonchev–Trinajstić information content (AvgIpc) is 2.98. The molecule has 1 aliphatic rings. The minimum absolute atomic E-state index is 0.227. The van der Waals surface area contributed by atoms with Crippen LogP contribution in [0.1, 0.15) is 11.1 Å². The largest absolute Gasteiger partial charge is 0.380 e. The summed E-state index contributed by atoms with van der Waals surface area (Å²) in [6.45, 7) is 0. The molecular formula is C21F16N2. The Kier molecular flexibility index (Phi) is 6.71. The first-order valence-corrected chi connectivity index (χ1v) is 9.22. The molecule has 1 aliphatic carbocycles. The van der Waals surface area contributed by atoms with E-state index in [2.05, 4.69) is 0 Å². The lowest BCUT2D eigenvalue weighted by Gasteiger charge is -2.23. The topological polar surface area (TPSA) is 47.6 Å². The summed E-state index contributed by atoms with van der Waals surface area (Å²) in [6, 6.07) is 0.453. The van der Waals surface area contributed by atoms with Gasteiger partial charge in [0.25, 0.3) is 0 Å². The number of benzene rings is 2. The van der Waals surface area contributed by atoms with Crippen molar-refractivity contribution >= 4 is 11.1 Å². The summed E-state index contributed by atoms with van der Waals surface area (Å²) in [4.78, 5) is 0. The van der Waals surface area contributed by atoms with Crippen LogP contribution in [0, 0.1) is 80.8 Å². The molecule has 0 radical (unpaired) electrons. The standard InChI is InChI=1S/C21F16N2/c22-9-5(10(23)14(27)17(30)13(9)26)3(1-38)7-8(20(34,35)21(36,37)19(7,32)33)4(2-39)6-11(24)15(28)18(31)16(29)12(6)25. The van der Waals surface area contributed by atoms with Crippen molar-refractivity contribution in [3.05, 3.63) is 80.4 Å². The van der Waals surface area contributed by atoms with Gasteiger partial charge in [-0.1, -0.05) is 0 Å². The van der Waals surface area contributed by atoms with Crippen LogP contribution >= 0.6 is 0 Å². The lowest BCUT2D eigenvalue weighted by Crippen LogP contribution is -2.47. The fraction of sp³-hybridized carbons (Fsp3) is 0.143. The fourth-order valence-corrected chi connectivity index (χ4v) is 3.51. The van der Waals surface area contributed by atoms with Gasteiger partial charge in [0, 0.05) is 0 Å². The molecule has 1 saturated carbocycles. The molecule has 0 heterocycles. The number of alkyl halides is 6. The van der Waals surface area contributed by atoms with Gasteiger partial charge in [0.05, 0.1) is 33.4 Å². The van der Waals surface area contributed by atoms with E-state index < -0.39 is 109 Å². The van der Waals surface area contributed by atoms with E-state index in [4.69, 9.17) is 10.5 Å². The highest BCUT2D eigenvalue weighted by atomic mass is 19.3. The smallest absolute Gasteiger partial charge is 0.203 e. The van der Waals surface area contributed by atoms with E-state index in [9.17, 15) is 70.2 Å². The Balaban J connectivity index is 2.77. The molecular weight excluding hydrogens is 584 g/mol. The van der Waals surface area contributed by atoms with Crippen molar-refractivity contribution in [1.82, 2.24) is 0 Å². The van der Waals surface area contributed by atoms with Crippen LogP contribution in [0.5, 0.6) is 0 Å². The van der Waals surface area contributed by atoms with E-state index in [1.165, 1.54) is 0 Å². The molecule has 0 aliphatic heterocycles. The van der Waals surface area contributed by atoms with Crippen molar-refractivity contribution in [2.45, 2.75) is 17.8 Å². The molecule has 1 fully saturated rings. The molecule has 206 valence electrons. The third kappa shape index (κ3) is 3.57. The van der Waals surface area contributed by atoms with E-state index in [1.807, 2.05) is 0 Å². The zero-order valence-corrected chi connectivity index (χ0v) is 17.4. The molecule has 2 aromatic rings. The molecule has 2 aromatic carbocycles. The third-order valence-corrected chi connectivity index (χ3v) is 5.31. The number of hydrogen-bond acceptors (Lipinski definition) is 2. The summed E-state index contributed by atoms with van der Waals surface area (Å²) in [5, 5.41) is 18.3. The Morgan fingerprint density at radius 2 is 0.615 bits per heavy atom. The molecule has 0 bridgehead atoms. The van der Waals surface area contributed by atoms with Crippen LogP contribution in [0.15, 0.2) is 11.1 Å². The van der Waals surface area contributed by atoms with Crippen molar-refractivity contribution in [3.8, 4) is 12.1 Å². The maximum absolute atomic E-state index is 14.8. The maximum Gasteiger partial charge on any atom is 0.380 e. The first kappa shape index (κ1) is 29.3. The third-order valence-electron chi connectivity index (χ3n) is 5.31. The summed E-state index contributed by atoms with van der Waals surface area (Å²) in [5.41, 5.74) is -18.3. The van der Waals surface area contributed by atoms with Crippen molar-refractivity contribution in [2.24, 2.45) is 0 Å². The van der Waals surface area contributed by atoms with E-state index in [0.717, 1.165) is 0 Å². The minimum Gasteiger partial charge on any atom is -0.203 e. The van der Waals surface area contributed by atoms with Crippen molar-refractivity contribution in [1.29, 1.82) is 10.5 Å². The van der Waals surface area contributed by atoms with E-state index in [0.29, 0.717) is 0 Å². The second-order valence-electron chi connectivity index (χ2n) is 7.34. The van der Waals surface area contributed by atoms with E-state index in [-0.39, 0.29) is 12.1 Å². The van der Waals surface area contributed by atoms with Gasteiger partial charge in [-0.2, -0.15) is 36.9 Å². The summed E-state index contributed by atoms with van der Waals surface area (Å²) in [5.74, 6) is -51.1. The van der Waals surface area contributed by atoms with E-state index in [1.54, 1.807) is 0 Å². The summed E-state index contributed by atoms with van der Waals surface area (Å²) >= 11 is 0. The highest BCUT2D eigenvalue weighted by Gasteiger charge is 2.82. The Morgan fingerprint density at radius 3 is 0.821 bits per heavy atom. The van der Waals surface area contributed by atoms with Crippen molar-refractivity contribution in [2.75, 3.05) is 0 Å². The van der Waals surface area contributed by atoms with Gasteiger partial charge in [-0.25, -0.2) is 43.9 Å². The number of hydrogen-bond donors (Lipinski definition) is 0. The molecule has 18 heteroatoms. The molecule has 0 spiro atoms. The van der Waals surface area contributed by atoms with Gasteiger partial charge in [0.1, 0.15) is 12.1 Å². The first-order valence-electron chi connectivity index (χ1n) is 9.22. The van der Waals surface area contributed by atoms with Crippen molar-refractivity contribution < 1.29 is 70.2 Å². The summed E-state index contributed by atoms with van der Waals surface area (Å²) < 4.78 is 226. The quantitative estimate of drug-likeness (QED) is 0.162. The second kappa shape index (κ2) is 8.92. The lowest BCUT2D eigenvalue weighted by molar-refractivity contribution is -0.257. The van der Waals surface area contributed by atoms with Crippen LogP contribution in [0.3, 0.4) is 0 Å². The summed E-state index contributed by atoms with van der Waals surface area (Å²) in [7, 11) is 0. The minimum atomic E-state index is -6.90. The predicted molar refractivity (Wildman–Crippen MR) is 92.4 cm³/mol. The van der Waals surface area contributed by atoms with Crippen LogP contribution in [-0.2, 0) is 0 Å². The predicted octanol–water partition coefficient (Wildman–Crippen LogP) is 7.25. The Morgan fingerprint density at radius 1 is 0.410 bits per heavy atom. The highest BCUT2D eigenvalue weighted by Crippen LogP contribution is 2.65. The van der Waals surface area contributed by atoms with Crippen LogP contribution < -0.4 is 0 Å².